The fraction of sp³-hybridized carbons (Fsp3) is 0.333. The van der Waals surface area contributed by atoms with Crippen molar-refractivity contribution in [3.63, 3.8) is 0 Å². The minimum absolute atomic E-state index is 0.0480. The summed E-state index contributed by atoms with van der Waals surface area (Å²) in [5.74, 6) is 0.513. The molecule has 0 radical (unpaired) electrons. The largest absolute Gasteiger partial charge is 0.373 e. The zero-order valence-electron chi connectivity index (χ0n) is 14.6. The molecule has 1 fully saturated rings. The molecule has 1 aliphatic rings. The van der Waals surface area contributed by atoms with Crippen LogP contribution in [0.3, 0.4) is 0 Å². The Balaban J connectivity index is 1.48. The number of benzene rings is 1. The lowest BCUT2D eigenvalue weighted by Gasteiger charge is -2.21. The predicted octanol–water partition coefficient (Wildman–Crippen LogP) is 2.89. The first-order chi connectivity index (χ1) is 13.2. The average Bonchev–Trinajstić information content (AvgIpc) is 3.17. The van der Waals surface area contributed by atoms with Gasteiger partial charge in [0.2, 0.25) is 5.82 Å². The molecule has 27 heavy (non-hydrogen) atoms. The molecule has 0 bridgehead atoms. The van der Waals surface area contributed by atoms with Crippen LogP contribution in [-0.4, -0.2) is 45.4 Å². The van der Waals surface area contributed by atoms with Crippen molar-refractivity contribution in [1.29, 1.82) is 5.26 Å². The lowest BCUT2D eigenvalue weighted by molar-refractivity contribution is -0.389. The highest BCUT2D eigenvalue weighted by atomic mass is 32.1. The van der Waals surface area contributed by atoms with Gasteiger partial charge in [0.05, 0.1) is 11.6 Å². The van der Waals surface area contributed by atoms with Gasteiger partial charge >= 0.3 is 5.82 Å². The van der Waals surface area contributed by atoms with E-state index in [2.05, 4.69) is 16.0 Å². The molecule has 8 nitrogen and oxygen atoms in total. The molecule has 1 aromatic carbocycles. The number of rotatable bonds is 4. The highest BCUT2D eigenvalue weighted by Gasteiger charge is 2.29. The smallest absolute Gasteiger partial charge is 0.358 e. The van der Waals surface area contributed by atoms with Crippen LogP contribution in [0.2, 0.25) is 0 Å². The Morgan fingerprint density at radius 1 is 1.22 bits per heavy atom. The molecule has 138 valence electrons. The van der Waals surface area contributed by atoms with Gasteiger partial charge in [-0.15, -0.1) is 0 Å². The van der Waals surface area contributed by atoms with Crippen LogP contribution in [0.15, 0.2) is 35.8 Å². The molecular weight excluding hydrogens is 364 g/mol. The summed E-state index contributed by atoms with van der Waals surface area (Å²) < 4.78 is 1.55. The number of aromatic nitrogens is 2. The van der Waals surface area contributed by atoms with E-state index in [1.165, 1.54) is 11.3 Å². The Hall–Kier alpha value is -2.96. The maximum atomic E-state index is 11.6. The van der Waals surface area contributed by atoms with Crippen LogP contribution in [0.5, 0.6) is 0 Å². The molecule has 0 saturated carbocycles. The van der Waals surface area contributed by atoms with E-state index in [9.17, 15) is 10.1 Å². The van der Waals surface area contributed by atoms with Gasteiger partial charge in [-0.1, -0.05) is 23.5 Å². The van der Waals surface area contributed by atoms with Gasteiger partial charge in [0.15, 0.2) is 0 Å². The standard InChI is InChI=1S/C18H18N6O2S/c19-12-14-2-4-15(5-3-14)13-21-6-1-7-22(9-8-21)16-17(24(25)26)23-10-11-27-18(23)20-16/h2-5,10-11H,1,6-9,13H2. The van der Waals surface area contributed by atoms with Crippen molar-refractivity contribution < 1.29 is 4.92 Å². The Morgan fingerprint density at radius 3 is 2.78 bits per heavy atom. The first kappa shape index (κ1) is 17.5. The third kappa shape index (κ3) is 3.49. The van der Waals surface area contributed by atoms with Crippen LogP contribution >= 0.6 is 11.3 Å². The van der Waals surface area contributed by atoms with Crippen LogP contribution in [0.1, 0.15) is 17.5 Å². The quantitative estimate of drug-likeness (QED) is 0.509. The number of nitriles is 1. The first-order valence-corrected chi connectivity index (χ1v) is 9.60. The number of hydrogen-bond donors (Lipinski definition) is 0. The van der Waals surface area contributed by atoms with Gasteiger partial charge in [0.1, 0.15) is 6.20 Å². The molecule has 0 atom stereocenters. The van der Waals surface area contributed by atoms with Crippen LogP contribution in [-0.2, 0) is 6.54 Å². The number of fused-ring (bicyclic) bond motifs is 1. The van der Waals surface area contributed by atoms with Crippen molar-refractivity contribution in [2.24, 2.45) is 0 Å². The van der Waals surface area contributed by atoms with Gasteiger partial charge in [-0.05, 0) is 29.0 Å². The maximum Gasteiger partial charge on any atom is 0.373 e. The van der Waals surface area contributed by atoms with E-state index in [1.54, 1.807) is 16.0 Å². The lowest BCUT2D eigenvalue weighted by Crippen LogP contribution is -2.31. The zero-order valence-corrected chi connectivity index (χ0v) is 15.4. The van der Waals surface area contributed by atoms with E-state index in [4.69, 9.17) is 5.26 Å². The van der Waals surface area contributed by atoms with Crippen molar-refractivity contribution >= 4 is 27.9 Å². The monoisotopic (exact) mass is 382 g/mol. The fourth-order valence-corrected chi connectivity index (χ4v) is 4.13. The highest BCUT2D eigenvalue weighted by Crippen LogP contribution is 2.31. The summed E-state index contributed by atoms with van der Waals surface area (Å²) in [5, 5.41) is 22.3. The summed E-state index contributed by atoms with van der Waals surface area (Å²) >= 11 is 1.40. The molecule has 2 aromatic heterocycles. The molecule has 0 N–H and O–H groups in total. The third-order valence-electron chi connectivity index (χ3n) is 4.77. The van der Waals surface area contributed by atoms with Crippen LogP contribution < -0.4 is 4.90 Å². The van der Waals surface area contributed by atoms with Gasteiger partial charge in [0.25, 0.3) is 4.96 Å². The van der Waals surface area contributed by atoms with Crippen molar-refractivity contribution in [1.82, 2.24) is 14.3 Å². The number of thiazole rings is 1. The average molecular weight is 382 g/mol. The molecule has 0 aliphatic carbocycles. The second-order valence-corrected chi connectivity index (χ2v) is 7.37. The third-order valence-corrected chi connectivity index (χ3v) is 5.53. The van der Waals surface area contributed by atoms with Gasteiger partial charge in [-0.2, -0.15) is 14.6 Å². The van der Waals surface area contributed by atoms with E-state index >= 15 is 0 Å². The molecule has 9 heteroatoms. The van der Waals surface area contributed by atoms with Crippen molar-refractivity contribution in [2.75, 3.05) is 31.1 Å². The minimum Gasteiger partial charge on any atom is -0.358 e. The molecule has 3 aromatic rings. The molecular formula is C18H18N6O2S. The number of anilines is 1. The van der Waals surface area contributed by atoms with Crippen LogP contribution in [0, 0.1) is 21.4 Å². The Bertz CT molecular complexity index is 1000. The number of imidazole rings is 1. The Kier molecular flexibility index (Phi) is 4.75. The van der Waals surface area contributed by atoms with E-state index in [1.807, 2.05) is 29.2 Å². The van der Waals surface area contributed by atoms with E-state index in [0.29, 0.717) is 22.9 Å². The van der Waals surface area contributed by atoms with E-state index in [0.717, 1.165) is 38.2 Å². The first-order valence-electron chi connectivity index (χ1n) is 8.72. The second-order valence-electron chi connectivity index (χ2n) is 6.50. The van der Waals surface area contributed by atoms with Gasteiger partial charge in [0, 0.05) is 38.1 Å². The number of hydrogen-bond acceptors (Lipinski definition) is 7. The summed E-state index contributed by atoms with van der Waals surface area (Å²) in [6, 6.07) is 9.76. The summed E-state index contributed by atoms with van der Waals surface area (Å²) in [4.78, 5) is 20.7. The lowest BCUT2D eigenvalue weighted by atomic mass is 10.1. The van der Waals surface area contributed by atoms with Crippen molar-refractivity contribution in [3.8, 4) is 6.07 Å². The zero-order chi connectivity index (χ0) is 18.8. The van der Waals surface area contributed by atoms with Gasteiger partial charge < -0.3 is 15.0 Å². The SMILES string of the molecule is N#Cc1ccc(CN2CCCN(c3nc4sccn4c3[N+](=O)[O-])CC2)cc1. The van der Waals surface area contributed by atoms with E-state index < -0.39 is 0 Å². The van der Waals surface area contributed by atoms with Crippen LogP contribution in [0.25, 0.3) is 4.96 Å². The topological polar surface area (TPSA) is 90.7 Å². The normalized spacial score (nSPS) is 15.6. The summed E-state index contributed by atoms with van der Waals surface area (Å²) in [5.41, 5.74) is 1.82. The summed E-state index contributed by atoms with van der Waals surface area (Å²) in [6.45, 7) is 3.98. The minimum atomic E-state index is -0.346. The molecule has 0 amide bonds. The van der Waals surface area contributed by atoms with Crippen LogP contribution in [0.4, 0.5) is 11.6 Å². The molecule has 3 heterocycles. The molecule has 0 spiro atoms. The number of nitrogens with zero attached hydrogens (tertiary/aromatic N) is 6. The predicted molar refractivity (Wildman–Crippen MR) is 103 cm³/mol. The molecule has 0 unspecified atom stereocenters. The number of nitro groups is 1. The van der Waals surface area contributed by atoms with Gasteiger partial charge in [-0.25, -0.2) is 0 Å². The second kappa shape index (κ2) is 7.34. The van der Waals surface area contributed by atoms with Crippen molar-refractivity contribution in [2.45, 2.75) is 13.0 Å². The summed E-state index contributed by atoms with van der Waals surface area (Å²) in [6.07, 6.45) is 2.61. The van der Waals surface area contributed by atoms with Gasteiger partial charge in [-0.3, -0.25) is 4.90 Å². The molecule has 1 aliphatic heterocycles. The Labute approximate surface area is 160 Å². The van der Waals surface area contributed by atoms with Crippen molar-refractivity contribution in [3.05, 3.63) is 57.1 Å². The Morgan fingerprint density at radius 2 is 2.04 bits per heavy atom. The fourth-order valence-electron chi connectivity index (χ4n) is 3.43. The highest BCUT2D eigenvalue weighted by molar-refractivity contribution is 7.15. The molecule has 1 saturated heterocycles. The van der Waals surface area contributed by atoms with E-state index in [-0.39, 0.29) is 10.7 Å². The summed E-state index contributed by atoms with van der Waals surface area (Å²) in [7, 11) is 0. The molecule has 4 rings (SSSR count). The maximum absolute atomic E-state index is 11.6.